The van der Waals surface area contributed by atoms with E-state index in [4.69, 9.17) is 0 Å². The van der Waals surface area contributed by atoms with Crippen molar-refractivity contribution in [2.45, 2.75) is 77.0 Å². The Labute approximate surface area is 585 Å². The summed E-state index contributed by atoms with van der Waals surface area (Å²) in [7, 11) is 0. The molecule has 0 fully saturated rings. The molecule has 16 aromatic rings. The minimum atomic E-state index is -0.269. The zero-order valence-corrected chi connectivity index (χ0v) is 57.8. The Morgan fingerprint density at radius 1 is 0.190 bits per heavy atom. The number of para-hydroxylation sites is 2. The fraction of sp³-hybridized carbons (Fsp3) is 0.122. The van der Waals surface area contributed by atoms with Gasteiger partial charge in [-0.3, -0.25) is 0 Å². The van der Waals surface area contributed by atoms with E-state index in [9.17, 15) is 0 Å². The monoisotopic (exact) mass is 1280 g/mol. The maximum absolute atomic E-state index is 2.56. The van der Waals surface area contributed by atoms with Gasteiger partial charge in [-0.25, -0.2) is 0 Å². The lowest BCUT2D eigenvalue weighted by molar-refractivity contribution is 0.660. The molecule has 16 aromatic carbocycles. The van der Waals surface area contributed by atoms with Gasteiger partial charge in [-0.2, -0.15) is 0 Å². The van der Waals surface area contributed by atoms with E-state index < -0.39 is 0 Å². The molecule has 0 spiro atoms. The molecule has 0 saturated carbocycles. The summed E-state index contributed by atoms with van der Waals surface area (Å²) in [5.41, 5.74) is 31.9. The van der Waals surface area contributed by atoms with E-state index in [1.54, 1.807) is 0 Å². The van der Waals surface area contributed by atoms with E-state index in [-0.39, 0.29) is 21.7 Å². The Kier molecular flexibility index (Phi) is 12.3. The number of nitrogens with zero attached hydrogens (tertiary/aromatic N) is 2. The lowest BCUT2D eigenvalue weighted by atomic mass is 9.79. The lowest BCUT2D eigenvalue weighted by Gasteiger charge is -2.30. The maximum Gasteiger partial charge on any atom is 0.0468 e. The van der Waals surface area contributed by atoms with Crippen LogP contribution >= 0.6 is 0 Å². The summed E-state index contributed by atoms with van der Waals surface area (Å²) >= 11 is 0. The molecule has 0 radical (unpaired) electrons. The van der Waals surface area contributed by atoms with E-state index in [2.05, 4.69) is 369 Å². The fourth-order valence-corrected chi connectivity index (χ4v) is 18.9. The molecule has 0 N–H and O–H groups in total. The van der Waals surface area contributed by atoms with Crippen molar-refractivity contribution in [3.05, 3.63) is 348 Å². The normalized spacial score (nSPS) is 14.9. The topological polar surface area (TPSA) is 6.48 Å². The summed E-state index contributed by atoms with van der Waals surface area (Å²) in [6.45, 7) is 19.4. The van der Waals surface area contributed by atoms with Crippen molar-refractivity contribution >= 4 is 88.0 Å². The van der Waals surface area contributed by atoms with Gasteiger partial charge in [0.05, 0.1) is 0 Å². The van der Waals surface area contributed by atoms with Crippen LogP contribution in [0.1, 0.15) is 99.9 Å². The van der Waals surface area contributed by atoms with Crippen LogP contribution in [0.25, 0.3) is 121 Å². The first-order chi connectivity index (χ1) is 48.6. The lowest BCUT2D eigenvalue weighted by Crippen LogP contribution is -2.17. The highest BCUT2D eigenvalue weighted by molar-refractivity contribution is 6.23. The van der Waals surface area contributed by atoms with Gasteiger partial charge >= 0.3 is 0 Å². The number of hydrogen-bond acceptors (Lipinski definition) is 2. The van der Waals surface area contributed by atoms with Crippen LogP contribution in [-0.2, 0) is 21.7 Å². The van der Waals surface area contributed by atoms with E-state index in [1.807, 2.05) is 0 Å². The van der Waals surface area contributed by atoms with E-state index in [0.29, 0.717) is 0 Å². The van der Waals surface area contributed by atoms with E-state index in [0.717, 1.165) is 34.1 Å². The Balaban J connectivity index is 0.867. The molecule has 0 aromatic heterocycles. The second-order valence-corrected chi connectivity index (χ2v) is 30.8. The summed E-state index contributed by atoms with van der Waals surface area (Å²) in [4.78, 5) is 5.01. The molecular weight excluding hydrogens is 1210 g/mol. The molecule has 0 bridgehead atoms. The van der Waals surface area contributed by atoms with Crippen LogP contribution < -0.4 is 9.80 Å². The Morgan fingerprint density at radius 2 is 0.540 bits per heavy atom. The molecule has 2 nitrogen and oxygen atoms in total. The number of anilines is 6. The Hall–Kier alpha value is -11.6. The van der Waals surface area contributed by atoms with Gasteiger partial charge < -0.3 is 9.80 Å². The van der Waals surface area contributed by atoms with Gasteiger partial charge in [0, 0.05) is 55.8 Å². The second kappa shape index (κ2) is 21.0. The van der Waals surface area contributed by atoms with Gasteiger partial charge in [0.15, 0.2) is 0 Å². The quantitative estimate of drug-likeness (QED) is 0.140. The maximum atomic E-state index is 2.56. The SMILES string of the molecule is CC1(C)c2ccccc2-c2ccc(N(c3ccccc3)c3ccc4c(-c5ccc6c(c5)C(C)(C)c5cc7ccccc7cc5-6)c5cc(N(c6ccccc6)c6ccc7c(c6)C(C)(C)c6c-7ccc7ccccc67)ccc5c(-c5ccc6c(c5)C(C)(C)c5cc7ccccc7cc5-6)c4c3)cc21. The average molecular weight is 1280 g/mol. The van der Waals surface area contributed by atoms with Crippen molar-refractivity contribution in [2.24, 2.45) is 0 Å². The molecule has 20 rings (SSSR count). The largest absolute Gasteiger partial charge is 0.310 e. The van der Waals surface area contributed by atoms with Gasteiger partial charge in [0.1, 0.15) is 0 Å². The van der Waals surface area contributed by atoms with Crippen molar-refractivity contribution < 1.29 is 0 Å². The van der Waals surface area contributed by atoms with Crippen molar-refractivity contribution in [3.8, 4) is 66.8 Å². The summed E-state index contributed by atoms with van der Waals surface area (Å²) in [6.07, 6.45) is 0. The first-order valence-corrected chi connectivity index (χ1v) is 35.6. The predicted octanol–water partition coefficient (Wildman–Crippen LogP) is 27.0. The van der Waals surface area contributed by atoms with Crippen LogP contribution in [0.4, 0.5) is 34.1 Å². The van der Waals surface area contributed by atoms with Gasteiger partial charge in [-0.15, -0.1) is 0 Å². The van der Waals surface area contributed by atoms with Crippen molar-refractivity contribution in [1.29, 1.82) is 0 Å². The highest BCUT2D eigenvalue weighted by atomic mass is 15.1. The first kappa shape index (κ1) is 58.6. The number of fused-ring (bicyclic) bond motifs is 18. The van der Waals surface area contributed by atoms with Crippen molar-refractivity contribution in [2.75, 3.05) is 9.80 Å². The first-order valence-electron chi connectivity index (χ1n) is 35.6. The molecule has 0 aliphatic heterocycles. The Morgan fingerprint density at radius 3 is 1.06 bits per heavy atom. The number of rotatable bonds is 8. The molecule has 0 unspecified atom stereocenters. The highest BCUT2D eigenvalue weighted by Gasteiger charge is 2.41. The van der Waals surface area contributed by atoms with Gasteiger partial charge in [-0.05, 0) is 274 Å². The van der Waals surface area contributed by atoms with Crippen LogP contribution in [0.15, 0.2) is 303 Å². The van der Waals surface area contributed by atoms with Gasteiger partial charge in [0.2, 0.25) is 0 Å². The molecule has 4 aliphatic rings. The molecule has 0 saturated heterocycles. The molecule has 100 heavy (non-hydrogen) atoms. The molecule has 476 valence electrons. The van der Waals surface area contributed by atoms with Gasteiger partial charge in [-0.1, -0.05) is 250 Å². The van der Waals surface area contributed by atoms with Gasteiger partial charge in [0.25, 0.3) is 0 Å². The predicted molar refractivity (Wildman–Crippen MR) is 424 cm³/mol. The molecule has 0 heterocycles. The third kappa shape index (κ3) is 8.31. The second-order valence-electron chi connectivity index (χ2n) is 30.8. The fourth-order valence-electron chi connectivity index (χ4n) is 18.9. The number of benzene rings is 16. The summed E-state index contributed by atoms with van der Waals surface area (Å²) < 4.78 is 0. The Bertz CT molecular complexity index is 6220. The third-order valence-corrected chi connectivity index (χ3v) is 23.9. The molecular formula is C98H74N2. The van der Waals surface area contributed by atoms with Crippen LogP contribution in [0.3, 0.4) is 0 Å². The third-order valence-electron chi connectivity index (χ3n) is 23.9. The van der Waals surface area contributed by atoms with E-state index in [1.165, 1.54) is 165 Å². The molecule has 0 atom stereocenters. The molecule has 4 aliphatic carbocycles. The summed E-state index contributed by atoms with van der Waals surface area (Å²) in [6, 6.07) is 116. The number of hydrogen-bond donors (Lipinski definition) is 0. The average Bonchev–Trinajstić information content (AvgIpc) is 1.44. The minimum Gasteiger partial charge on any atom is -0.310 e. The zero-order chi connectivity index (χ0) is 67.3. The summed E-state index contributed by atoms with van der Waals surface area (Å²) in [5.74, 6) is 0. The molecule has 0 amide bonds. The smallest absolute Gasteiger partial charge is 0.0468 e. The minimum absolute atomic E-state index is 0.186. The van der Waals surface area contributed by atoms with Crippen LogP contribution in [0.2, 0.25) is 0 Å². The van der Waals surface area contributed by atoms with Crippen molar-refractivity contribution in [3.63, 3.8) is 0 Å². The van der Waals surface area contributed by atoms with Crippen molar-refractivity contribution in [1.82, 2.24) is 0 Å². The van der Waals surface area contributed by atoms with Crippen LogP contribution in [-0.4, -0.2) is 0 Å². The molecule has 2 heteroatoms. The zero-order valence-electron chi connectivity index (χ0n) is 57.8. The van der Waals surface area contributed by atoms with E-state index >= 15 is 0 Å². The standard InChI is InChI=1S/C98H74N2/c1-95(2)85-34-22-21-33-73(85)74-45-38-70(57-90(74)95)99(66-28-11-9-12-29-66)68-40-47-78-83(55-68)92(64-36-42-76-81-49-60-24-15-17-26-62(60)51-88(81)96(3,4)86(76)53-64)79-48-41-69(56-84(79)93(78)65-37-43-77-82-50-61-25-16-18-27-63(61)52-89(82)97(5,6)87(77)54-65)100(67-30-13-10-14-31-67)71-39-46-75-80-44-35-59-23-19-20-32-72(59)94(80)98(7,8)91(75)58-71/h9-58H,1-8H3. The highest BCUT2D eigenvalue weighted by Crippen LogP contribution is 2.59. The van der Waals surface area contributed by atoms with Crippen LogP contribution in [0, 0.1) is 0 Å². The summed E-state index contributed by atoms with van der Waals surface area (Å²) in [5, 5.41) is 12.5. The van der Waals surface area contributed by atoms with Crippen LogP contribution in [0.5, 0.6) is 0 Å².